The van der Waals surface area contributed by atoms with Crippen molar-refractivity contribution in [3.05, 3.63) is 24.2 Å². The number of amides is 2. The molecule has 0 unspecified atom stereocenters. The van der Waals surface area contributed by atoms with Crippen LogP contribution in [0.4, 0.5) is 0 Å². The van der Waals surface area contributed by atoms with Gasteiger partial charge in [-0.3, -0.25) is 19.0 Å². The maximum Gasteiger partial charge on any atom is 0.258 e. The number of hydrogen-bond donors (Lipinski definition) is 0. The summed E-state index contributed by atoms with van der Waals surface area (Å²) in [6, 6.07) is 0.262. The molecule has 0 radical (unpaired) electrons. The van der Waals surface area contributed by atoms with E-state index in [0.717, 1.165) is 31.2 Å². The number of aromatic nitrogens is 4. The summed E-state index contributed by atoms with van der Waals surface area (Å²) in [4.78, 5) is 30.4. The van der Waals surface area contributed by atoms with Gasteiger partial charge in [-0.25, -0.2) is 0 Å². The Morgan fingerprint density at radius 3 is 2.41 bits per heavy atom. The van der Waals surface area contributed by atoms with E-state index in [1.165, 1.54) is 0 Å². The average molecular weight is 396 g/mol. The average Bonchev–Trinajstić information content (AvgIpc) is 3.48. The molecule has 2 aromatic rings. The van der Waals surface area contributed by atoms with Crippen LogP contribution in [0.1, 0.15) is 43.0 Å². The molecule has 5 rings (SSSR count). The van der Waals surface area contributed by atoms with Gasteiger partial charge in [0.05, 0.1) is 23.8 Å². The fourth-order valence-corrected chi connectivity index (χ4v) is 5.47. The topological polar surface area (TPSA) is 76.3 Å². The van der Waals surface area contributed by atoms with Gasteiger partial charge < -0.3 is 9.80 Å². The van der Waals surface area contributed by atoms with Crippen molar-refractivity contribution in [1.29, 1.82) is 0 Å². The van der Waals surface area contributed by atoms with Crippen LogP contribution in [0.2, 0.25) is 0 Å². The lowest BCUT2D eigenvalue weighted by molar-refractivity contribution is -0.138. The van der Waals surface area contributed by atoms with Gasteiger partial charge in [0.15, 0.2) is 0 Å². The first kappa shape index (κ1) is 18.4. The first-order valence-corrected chi connectivity index (χ1v) is 10.6. The lowest BCUT2D eigenvalue weighted by Gasteiger charge is -2.36. The van der Waals surface area contributed by atoms with Crippen molar-refractivity contribution in [1.82, 2.24) is 29.4 Å². The van der Waals surface area contributed by atoms with E-state index in [9.17, 15) is 9.59 Å². The summed E-state index contributed by atoms with van der Waals surface area (Å²) in [7, 11) is 3.68. The van der Waals surface area contributed by atoms with Crippen molar-refractivity contribution >= 4 is 11.8 Å². The minimum Gasteiger partial charge on any atom is -0.336 e. The van der Waals surface area contributed by atoms with Gasteiger partial charge in [-0.15, -0.1) is 0 Å². The minimum absolute atomic E-state index is 0.00536. The van der Waals surface area contributed by atoms with Crippen LogP contribution < -0.4 is 0 Å². The quantitative estimate of drug-likeness (QED) is 0.791. The van der Waals surface area contributed by atoms with Gasteiger partial charge in [-0.05, 0) is 25.2 Å². The zero-order valence-electron chi connectivity index (χ0n) is 17.3. The fourth-order valence-electron chi connectivity index (χ4n) is 5.47. The third-order valence-corrected chi connectivity index (χ3v) is 7.00. The van der Waals surface area contributed by atoms with Gasteiger partial charge in [0.1, 0.15) is 5.69 Å². The van der Waals surface area contributed by atoms with E-state index in [4.69, 9.17) is 0 Å². The Morgan fingerprint density at radius 1 is 1.03 bits per heavy atom. The van der Waals surface area contributed by atoms with Crippen LogP contribution in [-0.4, -0.2) is 66.3 Å². The molecule has 0 spiro atoms. The molecule has 8 heteroatoms. The van der Waals surface area contributed by atoms with Crippen molar-refractivity contribution in [3.8, 4) is 11.3 Å². The zero-order chi connectivity index (χ0) is 20.3. The number of likely N-dealkylation sites (tertiary alicyclic amines) is 2. The second kappa shape index (κ2) is 6.71. The van der Waals surface area contributed by atoms with Gasteiger partial charge in [-0.1, -0.05) is 13.3 Å². The van der Waals surface area contributed by atoms with Crippen LogP contribution in [0.5, 0.6) is 0 Å². The molecule has 8 nitrogen and oxygen atoms in total. The van der Waals surface area contributed by atoms with E-state index in [1.807, 2.05) is 25.2 Å². The molecule has 2 amide bonds. The highest BCUT2D eigenvalue weighted by Gasteiger charge is 2.49. The molecule has 154 valence electrons. The fraction of sp³-hybridized carbons (Fsp3) is 0.619. The minimum atomic E-state index is 0.00536. The Hall–Kier alpha value is -2.64. The second-order valence-corrected chi connectivity index (χ2v) is 8.97. The first-order valence-electron chi connectivity index (χ1n) is 10.6. The molecule has 1 saturated carbocycles. The van der Waals surface area contributed by atoms with Gasteiger partial charge in [0.25, 0.3) is 5.91 Å². The van der Waals surface area contributed by atoms with Crippen LogP contribution in [0, 0.1) is 11.8 Å². The van der Waals surface area contributed by atoms with Gasteiger partial charge >= 0.3 is 0 Å². The molecule has 0 N–H and O–H groups in total. The standard InChI is InChI=1S/C21H28N6O2/c1-13-5-4-6-17(13)20(28)26-10-16-7-15(26)11-27(16)21(29)18-12-25(3)23-19(18)14-8-22-24(2)9-14/h8-9,12-13,15-17H,4-7,10-11H2,1-3H3/t13-,15+,16+,17-/m1/s1. The molecule has 2 bridgehead atoms. The maximum atomic E-state index is 13.4. The highest BCUT2D eigenvalue weighted by atomic mass is 16.2. The van der Waals surface area contributed by atoms with Crippen molar-refractivity contribution in [2.75, 3.05) is 13.1 Å². The Balaban J connectivity index is 1.33. The molecule has 3 aliphatic rings. The van der Waals surface area contributed by atoms with Gasteiger partial charge in [-0.2, -0.15) is 10.2 Å². The summed E-state index contributed by atoms with van der Waals surface area (Å²) in [6.45, 7) is 3.49. The first-order chi connectivity index (χ1) is 13.9. The predicted octanol–water partition coefficient (Wildman–Crippen LogP) is 1.68. The van der Waals surface area contributed by atoms with E-state index < -0.39 is 0 Å². The number of piperazine rings is 1. The number of carbonyl (C=O) groups excluding carboxylic acids is 2. The van der Waals surface area contributed by atoms with Crippen molar-refractivity contribution in [3.63, 3.8) is 0 Å². The molecule has 0 aromatic carbocycles. The van der Waals surface area contributed by atoms with E-state index in [0.29, 0.717) is 36.2 Å². The van der Waals surface area contributed by atoms with Crippen LogP contribution >= 0.6 is 0 Å². The molecule has 29 heavy (non-hydrogen) atoms. The second-order valence-electron chi connectivity index (χ2n) is 8.97. The number of aryl methyl sites for hydroxylation is 2. The third kappa shape index (κ3) is 2.96. The number of rotatable bonds is 3. The molecule has 4 heterocycles. The highest BCUT2D eigenvalue weighted by Crippen LogP contribution is 2.38. The lowest BCUT2D eigenvalue weighted by atomic mass is 9.96. The Labute approximate surface area is 170 Å². The molecule has 2 saturated heterocycles. The van der Waals surface area contributed by atoms with Crippen LogP contribution in [0.3, 0.4) is 0 Å². The smallest absolute Gasteiger partial charge is 0.258 e. The number of carbonyl (C=O) groups is 2. The summed E-state index contributed by atoms with van der Waals surface area (Å²) in [5.74, 6) is 0.976. The van der Waals surface area contributed by atoms with E-state index in [2.05, 4.69) is 22.0 Å². The Kier molecular flexibility index (Phi) is 4.26. The molecule has 1 aliphatic carbocycles. The number of fused-ring (bicyclic) bond motifs is 2. The number of nitrogens with zero attached hydrogens (tertiary/aromatic N) is 6. The third-order valence-electron chi connectivity index (χ3n) is 7.00. The summed E-state index contributed by atoms with van der Waals surface area (Å²) in [5, 5.41) is 8.71. The molecule has 3 fully saturated rings. The van der Waals surface area contributed by atoms with Crippen molar-refractivity contribution in [2.24, 2.45) is 25.9 Å². The summed E-state index contributed by atoms with van der Waals surface area (Å²) >= 11 is 0. The van der Waals surface area contributed by atoms with Crippen LogP contribution in [0.25, 0.3) is 11.3 Å². The Bertz CT molecular complexity index is 962. The molecular weight excluding hydrogens is 368 g/mol. The summed E-state index contributed by atoms with van der Waals surface area (Å²) in [5.41, 5.74) is 2.12. The van der Waals surface area contributed by atoms with E-state index >= 15 is 0 Å². The van der Waals surface area contributed by atoms with Crippen LogP contribution in [-0.2, 0) is 18.9 Å². The maximum absolute atomic E-state index is 13.4. The van der Waals surface area contributed by atoms with Crippen molar-refractivity contribution in [2.45, 2.75) is 44.7 Å². The molecular formula is C21H28N6O2. The lowest BCUT2D eigenvalue weighted by Crippen LogP contribution is -2.52. The normalized spacial score (nSPS) is 28.5. The summed E-state index contributed by atoms with van der Waals surface area (Å²) < 4.78 is 3.39. The van der Waals surface area contributed by atoms with Crippen LogP contribution in [0.15, 0.2) is 18.6 Å². The van der Waals surface area contributed by atoms with E-state index in [-0.39, 0.29) is 23.9 Å². The SMILES string of the molecule is C[C@@H]1CCC[C@H]1C(=O)N1C[C@@H]2C[C@H]1CN2C(=O)c1cn(C)nc1-c1cnn(C)c1. The highest BCUT2D eigenvalue weighted by molar-refractivity contribution is 6.00. The number of hydrogen-bond acceptors (Lipinski definition) is 4. The summed E-state index contributed by atoms with van der Waals surface area (Å²) in [6.07, 6.45) is 9.61. The molecule has 4 atom stereocenters. The molecule has 2 aromatic heterocycles. The van der Waals surface area contributed by atoms with E-state index in [1.54, 1.807) is 21.8 Å². The monoisotopic (exact) mass is 396 g/mol. The van der Waals surface area contributed by atoms with Gasteiger partial charge in [0, 0.05) is 51.1 Å². The zero-order valence-corrected chi connectivity index (χ0v) is 17.3. The molecule has 2 aliphatic heterocycles. The predicted molar refractivity (Wildman–Crippen MR) is 107 cm³/mol. The van der Waals surface area contributed by atoms with Crippen molar-refractivity contribution < 1.29 is 9.59 Å². The Morgan fingerprint density at radius 2 is 1.79 bits per heavy atom. The largest absolute Gasteiger partial charge is 0.336 e. The van der Waals surface area contributed by atoms with Gasteiger partial charge in [0.2, 0.25) is 5.91 Å².